The van der Waals surface area contributed by atoms with Crippen LogP contribution in [-0.2, 0) is 16.0 Å². The Labute approximate surface area is 156 Å². The monoisotopic (exact) mass is 369 g/mol. The molecule has 0 spiro atoms. The second-order valence-corrected chi connectivity index (χ2v) is 7.96. The topological polar surface area (TPSA) is 37.4 Å². The van der Waals surface area contributed by atoms with Crippen LogP contribution < -0.4 is 0 Å². The molecule has 0 atom stereocenters. The summed E-state index contributed by atoms with van der Waals surface area (Å²) in [6, 6.07) is 15.5. The van der Waals surface area contributed by atoms with E-state index in [2.05, 4.69) is 0 Å². The van der Waals surface area contributed by atoms with Crippen LogP contribution in [0.5, 0.6) is 0 Å². The molecule has 2 aromatic rings. The summed E-state index contributed by atoms with van der Waals surface area (Å²) >= 11 is 1.38. The van der Waals surface area contributed by atoms with Gasteiger partial charge < -0.3 is 0 Å². The Morgan fingerprint density at radius 3 is 2.23 bits per heavy atom. The van der Waals surface area contributed by atoms with Crippen LogP contribution in [0.1, 0.15) is 25.0 Å². The number of thioether (sulfide) groups is 1. The Balaban J connectivity index is 1.88. The molecule has 0 saturated heterocycles. The zero-order valence-electron chi connectivity index (χ0n) is 14.7. The fraction of sp³-hybridized carbons (Fsp3) is 0.238. The first-order chi connectivity index (χ1) is 12.5. The van der Waals surface area contributed by atoms with Crippen molar-refractivity contribution in [2.75, 3.05) is 6.54 Å². The number of hydrogen-bond donors (Lipinski definition) is 0. The van der Waals surface area contributed by atoms with Crippen molar-refractivity contribution in [3.05, 3.63) is 76.4 Å². The van der Waals surface area contributed by atoms with E-state index in [4.69, 9.17) is 0 Å². The highest BCUT2D eigenvalue weighted by Gasteiger charge is 2.39. The maximum atomic E-state index is 13.3. The molecule has 134 valence electrons. The SMILES string of the molecule is CC(C)SC1=C(c2ccc(F)cc2)C(=O)N(CCc2ccccc2)C1=O. The molecule has 0 N–H and O–H groups in total. The van der Waals surface area contributed by atoms with Crippen molar-refractivity contribution in [2.45, 2.75) is 25.5 Å². The maximum Gasteiger partial charge on any atom is 0.268 e. The van der Waals surface area contributed by atoms with Crippen molar-refractivity contribution in [1.82, 2.24) is 4.90 Å². The number of rotatable bonds is 6. The molecule has 2 amide bonds. The number of carbonyl (C=O) groups excluding carboxylic acids is 2. The molecule has 3 rings (SSSR count). The van der Waals surface area contributed by atoms with E-state index >= 15 is 0 Å². The maximum absolute atomic E-state index is 13.3. The van der Waals surface area contributed by atoms with Crippen molar-refractivity contribution in [3.63, 3.8) is 0 Å². The van der Waals surface area contributed by atoms with Crippen molar-refractivity contribution in [3.8, 4) is 0 Å². The fourth-order valence-corrected chi connectivity index (χ4v) is 3.86. The number of nitrogens with zero attached hydrogens (tertiary/aromatic N) is 1. The number of halogens is 1. The second-order valence-electron chi connectivity index (χ2n) is 6.38. The zero-order valence-corrected chi connectivity index (χ0v) is 15.6. The van der Waals surface area contributed by atoms with Gasteiger partial charge in [-0.2, -0.15) is 0 Å². The van der Waals surface area contributed by atoms with Crippen LogP contribution in [-0.4, -0.2) is 28.5 Å². The van der Waals surface area contributed by atoms with E-state index in [1.807, 2.05) is 44.2 Å². The molecule has 0 radical (unpaired) electrons. The van der Waals surface area contributed by atoms with E-state index in [1.165, 1.54) is 28.8 Å². The van der Waals surface area contributed by atoms with Gasteiger partial charge >= 0.3 is 0 Å². The molecule has 1 heterocycles. The number of hydrogen-bond acceptors (Lipinski definition) is 3. The minimum atomic E-state index is -0.370. The average molecular weight is 369 g/mol. The van der Waals surface area contributed by atoms with Gasteiger partial charge in [0.2, 0.25) is 0 Å². The summed E-state index contributed by atoms with van der Waals surface area (Å²) in [5.41, 5.74) is 2.03. The first-order valence-corrected chi connectivity index (χ1v) is 9.42. The minimum absolute atomic E-state index is 0.159. The molecule has 0 aromatic heterocycles. The third-order valence-corrected chi connectivity index (χ3v) is 5.16. The largest absolute Gasteiger partial charge is 0.274 e. The first-order valence-electron chi connectivity index (χ1n) is 8.54. The molecule has 2 aromatic carbocycles. The molecule has 0 unspecified atom stereocenters. The highest BCUT2D eigenvalue weighted by Crippen LogP contribution is 2.37. The summed E-state index contributed by atoms with van der Waals surface area (Å²) in [7, 11) is 0. The van der Waals surface area contributed by atoms with Gasteiger partial charge in [0, 0.05) is 11.8 Å². The summed E-state index contributed by atoms with van der Waals surface area (Å²) in [5.74, 6) is -0.935. The summed E-state index contributed by atoms with van der Waals surface area (Å²) in [4.78, 5) is 27.6. The van der Waals surface area contributed by atoms with Crippen LogP contribution in [0.4, 0.5) is 4.39 Å². The van der Waals surface area contributed by atoms with E-state index < -0.39 is 0 Å². The predicted octanol–water partition coefficient (Wildman–Crippen LogP) is 4.29. The number of benzene rings is 2. The normalized spacial score (nSPS) is 14.7. The second kappa shape index (κ2) is 7.87. The van der Waals surface area contributed by atoms with E-state index in [0.717, 1.165) is 5.56 Å². The van der Waals surface area contributed by atoms with Crippen LogP contribution >= 0.6 is 11.8 Å². The molecule has 1 aliphatic rings. The molecule has 26 heavy (non-hydrogen) atoms. The van der Waals surface area contributed by atoms with Gasteiger partial charge in [-0.3, -0.25) is 14.5 Å². The van der Waals surface area contributed by atoms with Gasteiger partial charge in [-0.25, -0.2) is 4.39 Å². The summed E-state index contributed by atoms with van der Waals surface area (Å²) < 4.78 is 13.3. The summed E-state index contributed by atoms with van der Waals surface area (Å²) in [6.45, 7) is 4.28. The summed E-state index contributed by atoms with van der Waals surface area (Å²) in [5, 5.41) is 0.159. The summed E-state index contributed by atoms with van der Waals surface area (Å²) in [6.07, 6.45) is 0.606. The number of imide groups is 1. The van der Waals surface area contributed by atoms with Gasteiger partial charge in [0.05, 0.1) is 10.5 Å². The molecular formula is C21H20FNO2S. The van der Waals surface area contributed by atoms with Crippen LogP contribution in [0.25, 0.3) is 5.57 Å². The van der Waals surface area contributed by atoms with Crippen molar-refractivity contribution in [2.24, 2.45) is 0 Å². The van der Waals surface area contributed by atoms with Gasteiger partial charge in [0.15, 0.2) is 0 Å². The Morgan fingerprint density at radius 2 is 1.62 bits per heavy atom. The van der Waals surface area contributed by atoms with Gasteiger partial charge in [-0.1, -0.05) is 56.3 Å². The number of amides is 2. The van der Waals surface area contributed by atoms with E-state index in [1.54, 1.807) is 12.1 Å². The van der Waals surface area contributed by atoms with Gasteiger partial charge in [0.25, 0.3) is 11.8 Å². The van der Waals surface area contributed by atoms with Crippen LogP contribution in [0.3, 0.4) is 0 Å². The lowest BCUT2D eigenvalue weighted by atomic mass is 10.1. The zero-order chi connectivity index (χ0) is 18.7. The molecule has 5 heteroatoms. The fourth-order valence-electron chi connectivity index (χ4n) is 2.86. The molecule has 0 aliphatic carbocycles. The van der Waals surface area contributed by atoms with Crippen molar-refractivity contribution in [1.29, 1.82) is 0 Å². The van der Waals surface area contributed by atoms with Gasteiger partial charge in [-0.15, -0.1) is 11.8 Å². The van der Waals surface area contributed by atoms with Gasteiger partial charge in [-0.05, 0) is 29.7 Å². The predicted molar refractivity (Wildman–Crippen MR) is 103 cm³/mol. The lowest BCUT2D eigenvalue weighted by molar-refractivity contribution is -0.136. The van der Waals surface area contributed by atoms with E-state index in [9.17, 15) is 14.0 Å². The lowest BCUT2D eigenvalue weighted by Gasteiger charge is -2.15. The standard InChI is InChI=1S/C21H20FNO2S/c1-14(2)26-19-18(16-8-10-17(22)11-9-16)20(24)23(21(19)25)13-12-15-6-4-3-5-7-15/h3-11,14H,12-13H2,1-2H3. The Hall–Kier alpha value is -2.40. The smallest absolute Gasteiger partial charge is 0.268 e. The Kier molecular flexibility index (Phi) is 5.57. The molecular weight excluding hydrogens is 349 g/mol. The molecule has 3 nitrogen and oxygen atoms in total. The quantitative estimate of drug-likeness (QED) is 0.713. The average Bonchev–Trinajstić information content (AvgIpc) is 2.85. The van der Waals surface area contributed by atoms with E-state index in [0.29, 0.717) is 29.0 Å². The van der Waals surface area contributed by atoms with Crippen molar-refractivity contribution >= 4 is 29.1 Å². The van der Waals surface area contributed by atoms with Gasteiger partial charge in [0.1, 0.15) is 5.82 Å². The highest BCUT2D eigenvalue weighted by atomic mass is 32.2. The van der Waals surface area contributed by atoms with Crippen molar-refractivity contribution < 1.29 is 14.0 Å². The molecule has 1 aliphatic heterocycles. The third kappa shape index (κ3) is 3.88. The number of carbonyl (C=O) groups is 2. The van der Waals surface area contributed by atoms with E-state index in [-0.39, 0.29) is 22.9 Å². The van der Waals surface area contributed by atoms with Crippen LogP contribution in [0.15, 0.2) is 59.5 Å². The van der Waals surface area contributed by atoms with Crippen LogP contribution in [0.2, 0.25) is 0 Å². The Bertz CT molecular complexity index is 844. The third-order valence-electron chi connectivity index (χ3n) is 4.08. The first kappa shape index (κ1) is 18.4. The highest BCUT2D eigenvalue weighted by molar-refractivity contribution is 8.04. The molecule has 0 saturated carbocycles. The lowest BCUT2D eigenvalue weighted by Crippen LogP contribution is -2.33. The Morgan fingerprint density at radius 1 is 0.962 bits per heavy atom. The van der Waals surface area contributed by atoms with Crippen LogP contribution in [0, 0.1) is 5.82 Å². The molecule has 0 fully saturated rings. The molecule has 0 bridgehead atoms. The minimum Gasteiger partial charge on any atom is -0.274 e.